The molecule has 0 aliphatic heterocycles. The van der Waals surface area contributed by atoms with Crippen molar-refractivity contribution in [1.29, 1.82) is 0 Å². The molecule has 18 heavy (non-hydrogen) atoms. The lowest BCUT2D eigenvalue weighted by atomic mass is 10.2. The Morgan fingerprint density at radius 1 is 1.44 bits per heavy atom. The van der Waals surface area contributed by atoms with Gasteiger partial charge >= 0.3 is 11.7 Å². The Bertz CT molecular complexity index is 444. The van der Waals surface area contributed by atoms with E-state index in [1.807, 2.05) is 6.92 Å². The zero-order valence-electron chi connectivity index (χ0n) is 10.3. The quantitative estimate of drug-likeness (QED) is 0.337. The molecule has 0 amide bonds. The number of nitro benzene ring substituents is 1. The van der Waals surface area contributed by atoms with E-state index in [-0.39, 0.29) is 17.0 Å². The summed E-state index contributed by atoms with van der Waals surface area (Å²) in [6, 6.07) is 3.90. The van der Waals surface area contributed by atoms with Gasteiger partial charge in [0.25, 0.3) is 0 Å². The molecular weight excluding hydrogens is 238 g/mol. The molecule has 1 aromatic carbocycles. The van der Waals surface area contributed by atoms with E-state index in [4.69, 9.17) is 9.47 Å². The van der Waals surface area contributed by atoms with Crippen molar-refractivity contribution in [2.75, 3.05) is 13.7 Å². The van der Waals surface area contributed by atoms with Gasteiger partial charge in [0, 0.05) is 12.1 Å². The first-order valence-electron chi connectivity index (χ1n) is 5.59. The Labute approximate surface area is 105 Å². The van der Waals surface area contributed by atoms with Crippen LogP contribution in [0.15, 0.2) is 18.2 Å². The summed E-state index contributed by atoms with van der Waals surface area (Å²) in [5.41, 5.74) is 0.0659. The van der Waals surface area contributed by atoms with Crippen LogP contribution in [0.4, 0.5) is 5.69 Å². The third-order valence-electron chi connectivity index (χ3n) is 2.34. The minimum Gasteiger partial charge on any atom is -0.490 e. The fourth-order valence-electron chi connectivity index (χ4n) is 1.35. The number of ether oxygens (including phenoxy) is 2. The smallest absolute Gasteiger partial charge is 0.338 e. The van der Waals surface area contributed by atoms with Gasteiger partial charge in [-0.2, -0.15) is 0 Å². The molecule has 98 valence electrons. The topological polar surface area (TPSA) is 78.7 Å². The maximum absolute atomic E-state index is 11.6. The molecule has 0 atom stereocenters. The van der Waals surface area contributed by atoms with Crippen molar-refractivity contribution in [3.63, 3.8) is 0 Å². The highest BCUT2D eigenvalue weighted by Crippen LogP contribution is 2.27. The molecule has 0 radical (unpaired) electrons. The van der Waals surface area contributed by atoms with Crippen LogP contribution in [0.1, 0.15) is 30.1 Å². The van der Waals surface area contributed by atoms with Crippen LogP contribution in [0.5, 0.6) is 5.75 Å². The molecule has 0 N–H and O–H groups in total. The minimum atomic E-state index is -0.564. The van der Waals surface area contributed by atoms with Crippen molar-refractivity contribution in [2.45, 2.75) is 19.8 Å². The average molecular weight is 253 g/mol. The highest BCUT2D eigenvalue weighted by molar-refractivity contribution is 5.90. The Morgan fingerprint density at radius 2 is 2.17 bits per heavy atom. The summed E-state index contributed by atoms with van der Waals surface area (Å²) in [4.78, 5) is 21.7. The van der Waals surface area contributed by atoms with Crippen LogP contribution in [0.2, 0.25) is 0 Å². The van der Waals surface area contributed by atoms with Gasteiger partial charge in [-0.3, -0.25) is 10.1 Å². The molecule has 1 rings (SSSR count). The predicted molar refractivity (Wildman–Crippen MR) is 64.8 cm³/mol. The Kier molecular flexibility index (Phi) is 5.10. The zero-order chi connectivity index (χ0) is 13.5. The van der Waals surface area contributed by atoms with Crippen molar-refractivity contribution >= 4 is 11.7 Å². The maximum atomic E-state index is 11.6. The van der Waals surface area contributed by atoms with Crippen LogP contribution in [-0.4, -0.2) is 24.6 Å². The zero-order valence-corrected chi connectivity index (χ0v) is 10.3. The number of unbranched alkanes of at least 4 members (excludes halogenated alkanes) is 1. The fourth-order valence-corrected chi connectivity index (χ4v) is 1.35. The van der Waals surface area contributed by atoms with Crippen LogP contribution in [0.25, 0.3) is 0 Å². The molecule has 0 spiro atoms. The normalized spacial score (nSPS) is 9.89. The van der Waals surface area contributed by atoms with Gasteiger partial charge in [-0.15, -0.1) is 0 Å². The van der Waals surface area contributed by atoms with Crippen molar-refractivity contribution in [3.8, 4) is 5.75 Å². The van der Waals surface area contributed by atoms with E-state index in [1.54, 1.807) is 0 Å². The number of hydrogen-bond donors (Lipinski definition) is 0. The fraction of sp³-hybridized carbons (Fsp3) is 0.417. The van der Waals surface area contributed by atoms with Gasteiger partial charge < -0.3 is 9.47 Å². The van der Waals surface area contributed by atoms with Crippen molar-refractivity contribution in [3.05, 3.63) is 33.9 Å². The summed E-state index contributed by atoms with van der Waals surface area (Å²) >= 11 is 0. The largest absolute Gasteiger partial charge is 0.490 e. The van der Waals surface area contributed by atoms with E-state index in [2.05, 4.69) is 0 Å². The Balaban J connectivity index is 2.85. The molecule has 6 nitrogen and oxygen atoms in total. The molecule has 0 aromatic heterocycles. The number of hydrogen-bond acceptors (Lipinski definition) is 5. The molecule has 0 unspecified atom stereocenters. The summed E-state index contributed by atoms with van der Waals surface area (Å²) in [6.07, 6.45) is 1.71. The molecule has 0 saturated heterocycles. The summed E-state index contributed by atoms with van der Waals surface area (Å²) in [7, 11) is 1.31. The van der Waals surface area contributed by atoms with Gasteiger partial charge in [-0.05, 0) is 12.5 Å². The molecule has 6 heteroatoms. The van der Waals surface area contributed by atoms with Crippen LogP contribution in [0, 0.1) is 10.1 Å². The van der Waals surface area contributed by atoms with E-state index in [0.29, 0.717) is 6.61 Å². The molecule has 0 heterocycles. The van der Waals surface area contributed by atoms with Crippen molar-refractivity contribution < 1.29 is 19.2 Å². The Morgan fingerprint density at radius 3 is 2.72 bits per heavy atom. The van der Waals surface area contributed by atoms with E-state index in [9.17, 15) is 14.9 Å². The van der Waals surface area contributed by atoms with Gasteiger partial charge in [0.2, 0.25) is 0 Å². The van der Waals surface area contributed by atoms with Gasteiger partial charge in [-0.25, -0.2) is 4.79 Å². The van der Waals surface area contributed by atoms with Crippen LogP contribution in [-0.2, 0) is 4.74 Å². The predicted octanol–water partition coefficient (Wildman–Crippen LogP) is 2.56. The first-order valence-corrected chi connectivity index (χ1v) is 5.59. The highest BCUT2D eigenvalue weighted by atomic mass is 16.6. The third-order valence-corrected chi connectivity index (χ3v) is 2.34. The lowest BCUT2D eigenvalue weighted by molar-refractivity contribution is -0.385. The van der Waals surface area contributed by atoms with Gasteiger partial charge in [0.15, 0.2) is 5.75 Å². The van der Waals surface area contributed by atoms with Crippen LogP contribution >= 0.6 is 0 Å². The summed E-state index contributed by atoms with van der Waals surface area (Å²) in [5, 5.41) is 10.7. The highest BCUT2D eigenvalue weighted by Gasteiger charge is 2.17. The Hall–Kier alpha value is -2.11. The van der Waals surface area contributed by atoms with Gasteiger partial charge in [0.1, 0.15) is 0 Å². The number of methoxy groups -OCH3 is 1. The summed E-state index contributed by atoms with van der Waals surface area (Å²) in [6.45, 7) is 2.33. The van der Waals surface area contributed by atoms with Gasteiger partial charge in [-0.1, -0.05) is 13.3 Å². The van der Waals surface area contributed by atoms with Gasteiger partial charge in [0.05, 0.1) is 24.2 Å². The lowest BCUT2D eigenvalue weighted by Crippen LogP contribution is -2.07. The standard InChI is InChI=1S/C12H15NO5/c1-3-4-7-18-12(14)9-5-6-10(13(15)16)11(8-9)17-2/h5-6,8H,3-4,7H2,1-2H3. The van der Waals surface area contributed by atoms with Crippen LogP contribution < -0.4 is 4.74 Å². The first kappa shape index (κ1) is 14.0. The number of carbonyl (C=O) groups is 1. The second-order valence-electron chi connectivity index (χ2n) is 3.63. The first-order chi connectivity index (χ1) is 8.60. The second kappa shape index (κ2) is 6.58. The molecule has 0 aliphatic rings. The molecule has 0 aliphatic carbocycles. The maximum Gasteiger partial charge on any atom is 0.338 e. The average Bonchev–Trinajstić information content (AvgIpc) is 2.37. The molecular formula is C12H15NO5. The minimum absolute atomic E-state index is 0.0462. The number of rotatable bonds is 6. The number of carbonyl (C=O) groups excluding carboxylic acids is 1. The summed E-state index contributed by atoms with van der Waals surface area (Å²) < 4.78 is 9.88. The monoisotopic (exact) mass is 253 g/mol. The van der Waals surface area contributed by atoms with E-state index < -0.39 is 10.9 Å². The van der Waals surface area contributed by atoms with Crippen molar-refractivity contribution in [1.82, 2.24) is 0 Å². The summed E-state index contributed by atoms with van der Waals surface area (Å²) in [5.74, 6) is -0.457. The second-order valence-corrected chi connectivity index (χ2v) is 3.63. The number of nitro groups is 1. The van der Waals surface area contributed by atoms with E-state index >= 15 is 0 Å². The molecule has 0 fully saturated rings. The molecule has 1 aromatic rings. The van der Waals surface area contributed by atoms with Crippen molar-refractivity contribution in [2.24, 2.45) is 0 Å². The number of esters is 1. The molecule has 0 saturated carbocycles. The number of nitrogens with zero attached hydrogens (tertiary/aromatic N) is 1. The SMILES string of the molecule is CCCCOC(=O)c1ccc([N+](=O)[O-])c(OC)c1. The number of benzene rings is 1. The van der Waals surface area contributed by atoms with E-state index in [1.165, 1.54) is 25.3 Å². The van der Waals surface area contributed by atoms with E-state index in [0.717, 1.165) is 12.8 Å². The lowest BCUT2D eigenvalue weighted by Gasteiger charge is -2.06. The third kappa shape index (κ3) is 3.44. The molecule has 0 bridgehead atoms. The van der Waals surface area contributed by atoms with Crippen LogP contribution in [0.3, 0.4) is 0 Å².